The first kappa shape index (κ1) is 24.0. The lowest BCUT2D eigenvalue weighted by atomic mass is 9.95. The molecule has 0 aliphatic carbocycles. The average Bonchev–Trinajstić information content (AvgIpc) is 3.52. The molecule has 3 N–H and O–H groups in total. The molecule has 11 heteroatoms. The summed E-state index contributed by atoms with van der Waals surface area (Å²) in [4.78, 5) is 39.0. The molecule has 0 spiro atoms. The van der Waals surface area contributed by atoms with Gasteiger partial charge >= 0.3 is 0 Å². The van der Waals surface area contributed by atoms with Gasteiger partial charge in [0.2, 0.25) is 5.91 Å². The van der Waals surface area contributed by atoms with Crippen molar-refractivity contribution < 1.29 is 4.79 Å². The molecule has 38 heavy (non-hydrogen) atoms. The fourth-order valence-corrected chi connectivity index (χ4v) is 4.51. The molecular weight excluding hydrogens is 480 g/mol. The van der Waals surface area contributed by atoms with Gasteiger partial charge in [-0.15, -0.1) is 0 Å². The summed E-state index contributed by atoms with van der Waals surface area (Å²) in [5.74, 6) is 1.49. The third-order valence-electron chi connectivity index (χ3n) is 6.84. The van der Waals surface area contributed by atoms with Crippen LogP contribution < -0.4 is 10.2 Å². The molecule has 6 heterocycles. The van der Waals surface area contributed by atoms with Crippen LogP contribution in [-0.4, -0.2) is 79.2 Å². The van der Waals surface area contributed by atoms with Gasteiger partial charge in [-0.25, -0.2) is 15.0 Å². The van der Waals surface area contributed by atoms with Crippen LogP contribution in [0, 0.1) is 5.41 Å². The summed E-state index contributed by atoms with van der Waals surface area (Å²) in [7, 11) is 2.14. The van der Waals surface area contributed by atoms with E-state index in [1.165, 1.54) is 0 Å². The zero-order chi connectivity index (χ0) is 26.4. The zero-order valence-electron chi connectivity index (χ0n) is 21.9. The number of anilines is 2. The molecule has 5 aromatic heterocycles. The molecule has 194 valence electrons. The lowest BCUT2D eigenvalue weighted by molar-refractivity contribution is -0.123. The summed E-state index contributed by atoms with van der Waals surface area (Å²) in [6.07, 6.45) is 6.97. The van der Waals surface area contributed by atoms with Crippen LogP contribution >= 0.6 is 0 Å². The first-order chi connectivity index (χ1) is 18.3. The minimum Gasteiger partial charge on any atom is -0.352 e. The van der Waals surface area contributed by atoms with E-state index in [-0.39, 0.29) is 5.91 Å². The highest BCUT2D eigenvalue weighted by Gasteiger charge is 2.22. The van der Waals surface area contributed by atoms with Crippen LogP contribution in [0.5, 0.6) is 0 Å². The highest BCUT2D eigenvalue weighted by Crippen LogP contribution is 2.32. The van der Waals surface area contributed by atoms with Gasteiger partial charge in [0, 0.05) is 61.3 Å². The molecule has 5 aromatic rings. The number of aromatic amines is 2. The molecule has 0 saturated carbocycles. The average molecular weight is 511 g/mol. The van der Waals surface area contributed by atoms with Gasteiger partial charge in [0.15, 0.2) is 17.3 Å². The van der Waals surface area contributed by atoms with E-state index in [4.69, 9.17) is 4.98 Å². The number of aromatic nitrogens is 7. The van der Waals surface area contributed by atoms with Crippen molar-refractivity contribution in [1.82, 2.24) is 40.0 Å². The first-order valence-electron chi connectivity index (χ1n) is 12.7. The third kappa shape index (κ3) is 4.45. The number of carbonyl (C=O) groups is 1. The quantitative estimate of drug-likeness (QED) is 0.334. The van der Waals surface area contributed by atoms with Gasteiger partial charge in [-0.3, -0.25) is 14.9 Å². The molecule has 1 aliphatic rings. The van der Waals surface area contributed by atoms with Crippen LogP contribution in [0.15, 0.2) is 43.0 Å². The van der Waals surface area contributed by atoms with Gasteiger partial charge in [-0.1, -0.05) is 20.8 Å². The second kappa shape index (κ2) is 9.18. The maximum absolute atomic E-state index is 12.5. The Morgan fingerprint density at radius 1 is 1.03 bits per heavy atom. The number of hydrogen-bond donors (Lipinski definition) is 3. The molecular formula is C27H30N10O. The monoisotopic (exact) mass is 510 g/mol. The summed E-state index contributed by atoms with van der Waals surface area (Å²) in [6, 6.07) is 5.85. The molecule has 1 fully saturated rings. The number of H-pyrrole nitrogens is 2. The van der Waals surface area contributed by atoms with E-state index in [9.17, 15) is 4.79 Å². The van der Waals surface area contributed by atoms with Crippen molar-refractivity contribution in [2.45, 2.75) is 20.8 Å². The number of carbonyl (C=O) groups excluding carboxylic acids is 1. The molecule has 11 nitrogen and oxygen atoms in total. The minimum absolute atomic E-state index is 0.0718. The van der Waals surface area contributed by atoms with Crippen molar-refractivity contribution in [1.29, 1.82) is 0 Å². The molecule has 0 unspecified atom stereocenters. The maximum Gasteiger partial charge on any atom is 0.229 e. The van der Waals surface area contributed by atoms with Crippen LogP contribution in [0.3, 0.4) is 0 Å². The molecule has 0 atom stereocenters. The molecule has 1 aliphatic heterocycles. The molecule has 6 rings (SSSR count). The lowest BCUT2D eigenvalue weighted by Gasteiger charge is -2.33. The minimum atomic E-state index is -0.505. The van der Waals surface area contributed by atoms with Crippen molar-refractivity contribution in [3.05, 3.63) is 43.0 Å². The molecule has 0 aromatic carbocycles. The Hall–Kier alpha value is -4.38. The smallest absolute Gasteiger partial charge is 0.229 e. The van der Waals surface area contributed by atoms with Crippen molar-refractivity contribution in [3.8, 4) is 22.6 Å². The number of pyridine rings is 3. The number of hydrogen-bond acceptors (Lipinski definition) is 8. The number of amides is 1. The van der Waals surface area contributed by atoms with Crippen LogP contribution in [-0.2, 0) is 4.79 Å². The number of nitrogens with zero attached hydrogens (tertiary/aromatic N) is 7. The van der Waals surface area contributed by atoms with Gasteiger partial charge in [0.25, 0.3) is 0 Å². The Labute approximate surface area is 219 Å². The normalized spacial score (nSPS) is 14.9. The van der Waals surface area contributed by atoms with E-state index in [1.807, 2.05) is 45.2 Å². The van der Waals surface area contributed by atoms with Gasteiger partial charge in [0.05, 0.1) is 22.8 Å². The topological polar surface area (TPSA) is 132 Å². The Morgan fingerprint density at radius 2 is 1.82 bits per heavy atom. The van der Waals surface area contributed by atoms with Crippen LogP contribution in [0.4, 0.5) is 11.5 Å². The number of imidazole rings is 1. The van der Waals surface area contributed by atoms with Crippen LogP contribution in [0.1, 0.15) is 20.8 Å². The third-order valence-corrected chi connectivity index (χ3v) is 6.84. The fraction of sp³-hybridized carbons (Fsp3) is 0.333. The predicted octanol–water partition coefficient (Wildman–Crippen LogP) is 3.69. The Kier molecular flexibility index (Phi) is 5.79. The van der Waals surface area contributed by atoms with E-state index in [2.05, 4.69) is 52.3 Å². The standard InChI is InChI=1S/C27H30N10O/c1-27(2,3)26(38)31-18-11-16(13-28-15-18)17-12-19-21(34-35-23(19)30-14-17)24-32-20-5-6-29-25(22(20)33-24)37-9-7-36(4)8-10-37/h5-6,11-15H,7-10H2,1-4H3,(H,31,38)(H,32,33)(H,30,34,35). The van der Waals surface area contributed by atoms with E-state index in [0.717, 1.165) is 65.2 Å². The highest BCUT2D eigenvalue weighted by atomic mass is 16.2. The van der Waals surface area contributed by atoms with Gasteiger partial charge in [-0.05, 0) is 25.2 Å². The number of nitrogens with one attached hydrogen (secondary N) is 3. The summed E-state index contributed by atoms with van der Waals surface area (Å²) in [5, 5.41) is 11.3. The Bertz CT molecular complexity index is 1640. The second-order valence-corrected chi connectivity index (χ2v) is 10.8. The number of likely N-dealkylation sites (N-methyl/N-ethyl adjacent to an activating group) is 1. The molecule has 1 saturated heterocycles. The van der Waals surface area contributed by atoms with E-state index < -0.39 is 5.41 Å². The lowest BCUT2D eigenvalue weighted by Crippen LogP contribution is -2.44. The summed E-state index contributed by atoms with van der Waals surface area (Å²) in [6.45, 7) is 9.43. The van der Waals surface area contributed by atoms with Gasteiger partial charge in [-0.2, -0.15) is 5.10 Å². The summed E-state index contributed by atoms with van der Waals surface area (Å²) >= 11 is 0. The van der Waals surface area contributed by atoms with Gasteiger partial charge in [0.1, 0.15) is 11.2 Å². The van der Waals surface area contributed by atoms with E-state index >= 15 is 0 Å². The summed E-state index contributed by atoms with van der Waals surface area (Å²) < 4.78 is 0. The van der Waals surface area contributed by atoms with Crippen LogP contribution in [0.25, 0.3) is 44.7 Å². The van der Waals surface area contributed by atoms with Crippen molar-refractivity contribution in [3.63, 3.8) is 0 Å². The fourth-order valence-electron chi connectivity index (χ4n) is 4.51. The number of rotatable bonds is 4. The zero-order valence-corrected chi connectivity index (χ0v) is 21.9. The maximum atomic E-state index is 12.5. The molecule has 0 bridgehead atoms. The number of fused-ring (bicyclic) bond motifs is 2. The van der Waals surface area contributed by atoms with Gasteiger partial charge < -0.3 is 20.1 Å². The van der Waals surface area contributed by atoms with E-state index in [1.54, 1.807) is 18.6 Å². The van der Waals surface area contributed by atoms with Crippen molar-refractivity contribution in [2.24, 2.45) is 5.41 Å². The SMILES string of the molecule is CN1CCN(c2nccc3[nH]c(-c4[nH]nc5ncc(-c6cncc(NC(=O)C(C)(C)C)c6)cc45)nc23)CC1. The summed E-state index contributed by atoms with van der Waals surface area (Å²) in [5.41, 5.74) is 4.92. The molecule has 1 amide bonds. The highest BCUT2D eigenvalue weighted by molar-refractivity contribution is 5.97. The Balaban J connectivity index is 1.35. The predicted molar refractivity (Wildman–Crippen MR) is 148 cm³/mol. The first-order valence-corrected chi connectivity index (χ1v) is 12.7. The Morgan fingerprint density at radius 3 is 2.61 bits per heavy atom. The van der Waals surface area contributed by atoms with Crippen molar-refractivity contribution in [2.75, 3.05) is 43.4 Å². The van der Waals surface area contributed by atoms with Crippen LogP contribution in [0.2, 0.25) is 0 Å². The molecule has 0 radical (unpaired) electrons. The number of piperazine rings is 1. The van der Waals surface area contributed by atoms with Crippen molar-refractivity contribution >= 4 is 39.5 Å². The van der Waals surface area contributed by atoms with E-state index in [0.29, 0.717) is 17.2 Å². The largest absolute Gasteiger partial charge is 0.352 e. The second-order valence-electron chi connectivity index (χ2n) is 10.8.